The van der Waals surface area contributed by atoms with Gasteiger partial charge in [0.2, 0.25) is 0 Å². The molecule has 18 heavy (non-hydrogen) atoms. The predicted molar refractivity (Wildman–Crippen MR) is 60.3 cm³/mol. The number of ether oxygens (including phenoxy) is 1. The molecule has 9 heteroatoms. The van der Waals surface area contributed by atoms with E-state index in [1.165, 1.54) is 16.8 Å². The molecule has 1 unspecified atom stereocenters. The molecule has 2 rings (SSSR count). The van der Waals surface area contributed by atoms with Crippen molar-refractivity contribution in [1.82, 2.24) is 9.55 Å². The Kier molecular flexibility index (Phi) is 4.30. The van der Waals surface area contributed by atoms with E-state index in [2.05, 4.69) is 15.3 Å². The topological polar surface area (TPSA) is 103 Å². The maximum atomic E-state index is 11.7. The van der Waals surface area contributed by atoms with Crippen LogP contribution in [0.25, 0.3) is 0 Å². The van der Waals surface area contributed by atoms with Crippen LogP contribution in [0.3, 0.4) is 0 Å². The van der Waals surface area contributed by atoms with Crippen LogP contribution in [0.1, 0.15) is 12.6 Å². The molecule has 2 atom stereocenters. The van der Waals surface area contributed by atoms with Crippen molar-refractivity contribution in [3.05, 3.63) is 22.7 Å². The van der Waals surface area contributed by atoms with Crippen LogP contribution in [0.2, 0.25) is 0 Å². The standard InChI is InChI=1S/C9H10N3O5P/c13-6-3-8(16-4-6)12-2-1-7(10-9(12)14)11-17-5-18-15/h1-2,6,8,13H,3-4H2,(H,10,11,14)/t6-,8?/m0/s1. The van der Waals surface area contributed by atoms with Gasteiger partial charge in [-0.2, -0.15) is 0 Å². The summed E-state index contributed by atoms with van der Waals surface area (Å²) in [5.74, 6) is 2.15. The molecule has 0 aliphatic carbocycles. The van der Waals surface area contributed by atoms with Gasteiger partial charge in [-0.25, -0.2) is 0 Å². The van der Waals surface area contributed by atoms with E-state index in [1.807, 2.05) is 5.81 Å². The number of rotatable bonds is 3. The van der Waals surface area contributed by atoms with Gasteiger partial charge >= 0.3 is 102 Å². The molecule has 0 saturated carbocycles. The minimum absolute atomic E-state index is 0.158. The summed E-state index contributed by atoms with van der Waals surface area (Å²) in [6.45, 7) is 0.201. The third-order valence-corrected chi connectivity index (χ3v) is 2.50. The fourth-order valence-corrected chi connectivity index (χ4v) is 1.65. The first kappa shape index (κ1) is 13.0. The SMILES string of the molecule is O=P#CONc1ccn(C2C[C@H](O)CO2)c(=O)n1. The van der Waals surface area contributed by atoms with Gasteiger partial charge in [-0.3, -0.25) is 0 Å². The van der Waals surface area contributed by atoms with Crippen molar-refractivity contribution in [2.24, 2.45) is 0 Å². The van der Waals surface area contributed by atoms with Gasteiger partial charge < -0.3 is 0 Å². The Labute approximate surface area is 103 Å². The molecule has 1 aromatic heterocycles. The maximum absolute atomic E-state index is 11.7. The van der Waals surface area contributed by atoms with E-state index in [1.54, 1.807) is 0 Å². The second kappa shape index (κ2) is 5.95. The third-order valence-electron chi connectivity index (χ3n) is 2.33. The second-order valence-electron chi connectivity index (χ2n) is 3.57. The normalized spacial score (nSPS) is 22.5. The number of anilines is 1. The summed E-state index contributed by atoms with van der Waals surface area (Å²) in [4.78, 5) is 19.9. The number of hydrogen-bond donors (Lipinski definition) is 2. The van der Waals surface area contributed by atoms with Crippen LogP contribution in [-0.2, 0) is 14.1 Å². The van der Waals surface area contributed by atoms with Gasteiger partial charge in [0.25, 0.3) is 0 Å². The molecule has 0 aromatic carbocycles. The Hall–Kier alpha value is -1.43. The molecule has 96 valence electrons. The van der Waals surface area contributed by atoms with Crippen LogP contribution in [0.15, 0.2) is 17.1 Å². The van der Waals surface area contributed by atoms with Crippen molar-refractivity contribution in [1.29, 1.82) is 0 Å². The molecule has 0 bridgehead atoms. The van der Waals surface area contributed by atoms with Gasteiger partial charge in [0.1, 0.15) is 0 Å². The third kappa shape index (κ3) is 3.07. The monoisotopic (exact) mass is 271 g/mol. The van der Waals surface area contributed by atoms with Crippen LogP contribution in [0.5, 0.6) is 0 Å². The van der Waals surface area contributed by atoms with Gasteiger partial charge in [0.15, 0.2) is 0 Å². The molecule has 2 N–H and O–H groups in total. The first-order valence-electron chi connectivity index (χ1n) is 5.09. The van der Waals surface area contributed by atoms with E-state index >= 15 is 0 Å². The molecule has 1 aliphatic rings. The minimum atomic E-state index is -0.566. The predicted octanol–water partition coefficient (Wildman–Crippen LogP) is 0.0750. The Morgan fingerprint density at radius 3 is 3.17 bits per heavy atom. The molecular formula is C9H10N3O5P. The number of hydrogen-bond acceptors (Lipinski definition) is 7. The number of aromatic nitrogens is 2. The van der Waals surface area contributed by atoms with Crippen LogP contribution in [0.4, 0.5) is 5.82 Å². The van der Waals surface area contributed by atoms with Gasteiger partial charge in [0.05, 0.1) is 0 Å². The molecule has 1 aromatic rings. The first-order chi connectivity index (χ1) is 8.70. The summed E-state index contributed by atoms with van der Waals surface area (Å²) < 4.78 is 16.5. The van der Waals surface area contributed by atoms with Crippen molar-refractivity contribution >= 4 is 13.7 Å². The fourth-order valence-electron chi connectivity index (χ4n) is 1.57. The molecule has 8 nitrogen and oxygen atoms in total. The average molecular weight is 271 g/mol. The summed E-state index contributed by atoms with van der Waals surface area (Å²) >= 11 is 0. The first-order valence-corrected chi connectivity index (χ1v) is 5.90. The number of aliphatic hydroxyl groups excluding tert-OH is 1. The second-order valence-corrected chi connectivity index (χ2v) is 3.93. The van der Waals surface area contributed by atoms with Crippen molar-refractivity contribution < 1.29 is 19.2 Å². The van der Waals surface area contributed by atoms with Crippen LogP contribution < -0.4 is 11.2 Å². The van der Waals surface area contributed by atoms with E-state index in [9.17, 15) is 14.5 Å². The summed E-state index contributed by atoms with van der Waals surface area (Å²) in [7, 11) is -0.416. The van der Waals surface area contributed by atoms with E-state index in [0.29, 0.717) is 6.42 Å². The number of nitrogens with zero attached hydrogens (tertiary/aromatic N) is 2. The quantitative estimate of drug-likeness (QED) is 0.592. The van der Waals surface area contributed by atoms with Crippen molar-refractivity contribution in [3.63, 3.8) is 0 Å². The van der Waals surface area contributed by atoms with Gasteiger partial charge in [-0.15, -0.1) is 0 Å². The molecule has 0 spiro atoms. The van der Waals surface area contributed by atoms with Crippen LogP contribution in [0, 0.1) is 5.81 Å². The molecule has 1 saturated heterocycles. The van der Waals surface area contributed by atoms with Crippen molar-refractivity contribution in [3.8, 4) is 5.81 Å². The molecular weight excluding hydrogens is 261 g/mol. The summed E-state index contributed by atoms with van der Waals surface area (Å²) in [6.07, 6.45) is 0.747. The molecule has 2 heterocycles. The summed E-state index contributed by atoms with van der Waals surface area (Å²) in [6, 6.07) is 1.48. The van der Waals surface area contributed by atoms with Gasteiger partial charge in [-0.05, 0) is 0 Å². The zero-order chi connectivity index (χ0) is 13.0. The number of nitrogens with one attached hydrogen (secondary N) is 1. The number of aliphatic hydroxyl groups is 1. The Morgan fingerprint density at radius 2 is 2.56 bits per heavy atom. The molecule has 0 radical (unpaired) electrons. The van der Waals surface area contributed by atoms with Crippen LogP contribution in [-0.4, -0.2) is 27.4 Å². The van der Waals surface area contributed by atoms with Gasteiger partial charge in [0, 0.05) is 0 Å². The van der Waals surface area contributed by atoms with E-state index in [4.69, 9.17) is 4.74 Å². The van der Waals surface area contributed by atoms with E-state index in [0.717, 1.165) is 0 Å². The molecule has 1 aliphatic heterocycles. The van der Waals surface area contributed by atoms with Crippen LogP contribution >= 0.6 is 7.92 Å². The van der Waals surface area contributed by atoms with Crippen molar-refractivity contribution in [2.75, 3.05) is 12.1 Å². The fraction of sp³-hybridized carbons (Fsp3) is 0.444. The summed E-state index contributed by atoms with van der Waals surface area (Å²) in [5.41, 5.74) is 1.74. The van der Waals surface area contributed by atoms with Crippen molar-refractivity contribution in [2.45, 2.75) is 18.8 Å². The van der Waals surface area contributed by atoms with Gasteiger partial charge in [-0.1, -0.05) is 0 Å². The average Bonchev–Trinajstić information content (AvgIpc) is 2.76. The molecule has 0 amide bonds. The Balaban J connectivity index is 2.11. The molecule has 1 fully saturated rings. The zero-order valence-electron chi connectivity index (χ0n) is 9.15. The Morgan fingerprint density at radius 1 is 1.72 bits per heavy atom. The van der Waals surface area contributed by atoms with E-state index < -0.39 is 25.9 Å². The van der Waals surface area contributed by atoms with E-state index in [-0.39, 0.29) is 12.4 Å². The Bertz CT molecular complexity index is 583. The zero-order valence-corrected chi connectivity index (χ0v) is 10.0. The summed E-state index contributed by atoms with van der Waals surface area (Å²) in [5, 5.41) is 9.32.